The van der Waals surface area contributed by atoms with Crippen LogP contribution < -0.4 is 5.32 Å². The van der Waals surface area contributed by atoms with Crippen molar-refractivity contribution >= 4 is 11.8 Å². The number of hydrogen-bond donors (Lipinski definition) is 1. The predicted octanol–water partition coefficient (Wildman–Crippen LogP) is 0.379. The highest BCUT2D eigenvalue weighted by Gasteiger charge is 2.58. The molecule has 2 rings (SSSR count). The van der Waals surface area contributed by atoms with E-state index in [1.165, 1.54) is 4.90 Å². The third kappa shape index (κ3) is 2.04. The maximum atomic E-state index is 11.6. The Hall–Kier alpha value is -0.900. The summed E-state index contributed by atoms with van der Waals surface area (Å²) in [5.41, 5.74) is 0.0364. The van der Waals surface area contributed by atoms with Crippen molar-refractivity contribution in [2.45, 2.75) is 32.7 Å². The number of hydrogen-bond acceptors (Lipinski definition) is 3. The fourth-order valence-electron chi connectivity index (χ4n) is 2.01. The summed E-state index contributed by atoms with van der Waals surface area (Å²) in [7, 11) is 0. The first-order valence-corrected chi connectivity index (χ1v) is 5.50. The molecule has 0 aromatic heterocycles. The van der Waals surface area contributed by atoms with Gasteiger partial charge in [0.05, 0.1) is 11.8 Å². The Bertz CT molecular complexity index is 286. The summed E-state index contributed by atoms with van der Waals surface area (Å²) in [6.07, 6.45) is 0.793. The van der Waals surface area contributed by atoms with Crippen molar-refractivity contribution in [3.63, 3.8) is 0 Å². The number of rotatable bonds is 3. The maximum absolute atomic E-state index is 11.6. The van der Waals surface area contributed by atoms with Crippen LogP contribution in [0.3, 0.4) is 0 Å². The second kappa shape index (κ2) is 3.30. The number of imide groups is 1. The largest absolute Gasteiger partial charge is 0.310 e. The molecule has 0 radical (unpaired) electrons. The molecule has 2 fully saturated rings. The van der Waals surface area contributed by atoms with E-state index in [0.29, 0.717) is 13.1 Å². The summed E-state index contributed by atoms with van der Waals surface area (Å²) in [6.45, 7) is 7.40. The van der Waals surface area contributed by atoms with E-state index in [2.05, 4.69) is 26.1 Å². The highest BCUT2D eigenvalue weighted by Crippen LogP contribution is 2.46. The standard InChI is InChI=1S/C11H18N2O2/c1-11(2,3)12-4-5-13-9(14)7-6-8(7)10(13)15/h7-8,12H,4-6H2,1-3H3. The zero-order valence-corrected chi connectivity index (χ0v) is 9.54. The molecular formula is C11H18N2O2. The molecule has 2 aliphatic rings. The lowest BCUT2D eigenvalue weighted by Gasteiger charge is -2.23. The maximum Gasteiger partial charge on any atom is 0.233 e. The molecule has 1 N–H and O–H groups in total. The van der Waals surface area contributed by atoms with E-state index in [0.717, 1.165) is 6.42 Å². The van der Waals surface area contributed by atoms with E-state index >= 15 is 0 Å². The van der Waals surface area contributed by atoms with Gasteiger partial charge in [0.15, 0.2) is 0 Å². The van der Waals surface area contributed by atoms with Crippen LogP contribution in [0, 0.1) is 11.8 Å². The lowest BCUT2D eigenvalue weighted by atomic mass is 10.1. The number of nitrogens with one attached hydrogen (secondary N) is 1. The lowest BCUT2D eigenvalue weighted by molar-refractivity contribution is -0.141. The van der Waals surface area contributed by atoms with Gasteiger partial charge in [-0.2, -0.15) is 0 Å². The summed E-state index contributed by atoms with van der Waals surface area (Å²) in [5.74, 6) is 0.153. The first-order valence-electron chi connectivity index (χ1n) is 5.50. The Labute approximate surface area is 90.0 Å². The molecule has 4 nitrogen and oxygen atoms in total. The van der Waals surface area contributed by atoms with Crippen molar-refractivity contribution in [1.82, 2.24) is 10.2 Å². The van der Waals surface area contributed by atoms with Gasteiger partial charge in [-0.1, -0.05) is 0 Å². The number of amides is 2. The first-order chi connectivity index (χ1) is 6.90. The molecule has 15 heavy (non-hydrogen) atoms. The van der Waals surface area contributed by atoms with Crippen molar-refractivity contribution in [2.75, 3.05) is 13.1 Å². The molecule has 1 aliphatic heterocycles. The number of nitrogens with zero attached hydrogens (tertiary/aromatic N) is 1. The number of fused-ring (bicyclic) bond motifs is 1. The van der Waals surface area contributed by atoms with E-state index in [-0.39, 0.29) is 29.2 Å². The zero-order valence-electron chi connectivity index (χ0n) is 9.54. The van der Waals surface area contributed by atoms with Crippen LogP contribution in [0.4, 0.5) is 0 Å². The molecule has 84 valence electrons. The molecule has 2 amide bonds. The van der Waals surface area contributed by atoms with Crippen molar-refractivity contribution in [1.29, 1.82) is 0 Å². The van der Waals surface area contributed by atoms with Gasteiger partial charge in [0.1, 0.15) is 0 Å². The van der Waals surface area contributed by atoms with Crippen molar-refractivity contribution in [3.8, 4) is 0 Å². The monoisotopic (exact) mass is 210 g/mol. The molecule has 2 atom stereocenters. The van der Waals surface area contributed by atoms with E-state index < -0.39 is 0 Å². The van der Waals surface area contributed by atoms with Crippen LogP contribution >= 0.6 is 0 Å². The molecule has 1 aliphatic carbocycles. The van der Waals surface area contributed by atoms with Crippen molar-refractivity contribution < 1.29 is 9.59 Å². The first kappa shape index (κ1) is 10.6. The SMILES string of the molecule is CC(C)(C)NCCN1C(=O)C2CC2C1=O. The van der Waals surface area contributed by atoms with Gasteiger partial charge >= 0.3 is 0 Å². The molecule has 1 heterocycles. The Balaban J connectivity index is 1.81. The van der Waals surface area contributed by atoms with E-state index in [4.69, 9.17) is 0 Å². The third-order valence-corrected chi connectivity index (χ3v) is 2.95. The van der Waals surface area contributed by atoms with Crippen LogP contribution in [0.5, 0.6) is 0 Å². The van der Waals surface area contributed by atoms with Gasteiger partial charge in [-0.05, 0) is 27.2 Å². The van der Waals surface area contributed by atoms with Gasteiger partial charge in [-0.25, -0.2) is 0 Å². The predicted molar refractivity (Wildman–Crippen MR) is 56.1 cm³/mol. The minimum Gasteiger partial charge on any atom is -0.310 e. The number of carbonyl (C=O) groups is 2. The molecule has 1 saturated carbocycles. The number of likely N-dealkylation sites (tertiary alicyclic amines) is 1. The Kier molecular flexibility index (Phi) is 2.34. The fourth-order valence-corrected chi connectivity index (χ4v) is 2.01. The number of carbonyl (C=O) groups excluding carboxylic acids is 2. The highest BCUT2D eigenvalue weighted by molar-refractivity contribution is 6.08. The minimum atomic E-state index is 0.0344. The zero-order chi connectivity index (χ0) is 11.2. The van der Waals surface area contributed by atoms with Crippen LogP contribution in [0.15, 0.2) is 0 Å². The van der Waals surface area contributed by atoms with Crippen LogP contribution in [0.2, 0.25) is 0 Å². The summed E-state index contributed by atoms with van der Waals surface area (Å²) in [5, 5.41) is 3.27. The molecular weight excluding hydrogens is 192 g/mol. The Morgan fingerprint density at radius 1 is 1.27 bits per heavy atom. The van der Waals surface area contributed by atoms with Crippen LogP contribution in [-0.2, 0) is 9.59 Å². The second-order valence-electron chi connectivity index (χ2n) is 5.45. The summed E-state index contributed by atoms with van der Waals surface area (Å²) in [4.78, 5) is 24.6. The smallest absolute Gasteiger partial charge is 0.233 e. The van der Waals surface area contributed by atoms with Crippen LogP contribution in [-0.4, -0.2) is 35.3 Å². The average molecular weight is 210 g/mol. The quantitative estimate of drug-likeness (QED) is 0.685. The Morgan fingerprint density at radius 3 is 2.27 bits per heavy atom. The van der Waals surface area contributed by atoms with Crippen molar-refractivity contribution in [3.05, 3.63) is 0 Å². The topological polar surface area (TPSA) is 49.4 Å². The summed E-state index contributed by atoms with van der Waals surface area (Å²) < 4.78 is 0. The van der Waals surface area contributed by atoms with Gasteiger partial charge in [0.25, 0.3) is 0 Å². The van der Waals surface area contributed by atoms with E-state index in [9.17, 15) is 9.59 Å². The highest BCUT2D eigenvalue weighted by atomic mass is 16.2. The van der Waals surface area contributed by atoms with Gasteiger partial charge < -0.3 is 5.32 Å². The summed E-state index contributed by atoms with van der Waals surface area (Å²) in [6, 6.07) is 0. The molecule has 4 heteroatoms. The average Bonchev–Trinajstić information content (AvgIpc) is 2.83. The molecule has 1 saturated heterocycles. The molecule has 0 bridgehead atoms. The molecule has 0 spiro atoms. The fraction of sp³-hybridized carbons (Fsp3) is 0.818. The number of piperidine rings is 1. The lowest BCUT2D eigenvalue weighted by Crippen LogP contribution is -2.43. The van der Waals surface area contributed by atoms with Crippen molar-refractivity contribution in [2.24, 2.45) is 11.8 Å². The molecule has 0 aromatic carbocycles. The van der Waals surface area contributed by atoms with E-state index in [1.54, 1.807) is 0 Å². The molecule has 0 aromatic rings. The van der Waals surface area contributed by atoms with Crippen LogP contribution in [0.25, 0.3) is 0 Å². The van der Waals surface area contributed by atoms with Gasteiger partial charge in [0, 0.05) is 18.6 Å². The summed E-state index contributed by atoms with van der Waals surface area (Å²) >= 11 is 0. The Morgan fingerprint density at radius 2 is 1.80 bits per heavy atom. The minimum absolute atomic E-state index is 0.0344. The second-order valence-corrected chi connectivity index (χ2v) is 5.45. The van der Waals surface area contributed by atoms with Gasteiger partial charge in [-0.15, -0.1) is 0 Å². The molecule has 2 unspecified atom stereocenters. The normalized spacial score (nSPS) is 29.7. The third-order valence-electron chi connectivity index (χ3n) is 2.95. The van der Waals surface area contributed by atoms with Crippen LogP contribution in [0.1, 0.15) is 27.2 Å². The van der Waals surface area contributed by atoms with Gasteiger partial charge in [-0.3, -0.25) is 14.5 Å². The van der Waals surface area contributed by atoms with E-state index in [1.807, 2.05) is 0 Å². The van der Waals surface area contributed by atoms with Gasteiger partial charge in [0.2, 0.25) is 11.8 Å².